The predicted molar refractivity (Wildman–Crippen MR) is 70.7 cm³/mol. The van der Waals surface area contributed by atoms with Crippen molar-refractivity contribution in [2.24, 2.45) is 28.4 Å². The number of nitrogens with one attached hydrogen (secondary N) is 1. The summed E-state index contributed by atoms with van der Waals surface area (Å²) in [6.07, 6.45) is 0. The molecule has 1 aromatic rings. The summed E-state index contributed by atoms with van der Waals surface area (Å²) in [6.45, 7) is 0. The van der Waals surface area contributed by atoms with Gasteiger partial charge in [0, 0.05) is 5.92 Å². The first kappa shape index (κ1) is 13.5. The molecule has 20 heavy (non-hydrogen) atoms. The SMILES string of the molecule is N#CC(C(N)=O)C(c1ccccc1)C1C(=O)NN=C1N. The van der Waals surface area contributed by atoms with Gasteiger partial charge < -0.3 is 11.5 Å². The van der Waals surface area contributed by atoms with E-state index in [0.717, 1.165) is 0 Å². The molecule has 0 saturated carbocycles. The van der Waals surface area contributed by atoms with Gasteiger partial charge in [-0.25, -0.2) is 5.43 Å². The van der Waals surface area contributed by atoms with Gasteiger partial charge in [0.2, 0.25) is 5.91 Å². The van der Waals surface area contributed by atoms with Crippen LogP contribution in [0.4, 0.5) is 0 Å². The molecule has 0 bridgehead atoms. The highest BCUT2D eigenvalue weighted by molar-refractivity contribution is 6.07. The molecule has 0 spiro atoms. The van der Waals surface area contributed by atoms with Crippen molar-refractivity contribution in [2.75, 3.05) is 0 Å². The predicted octanol–water partition coefficient (Wildman–Crippen LogP) is -0.587. The number of primary amides is 1. The van der Waals surface area contributed by atoms with E-state index < -0.39 is 29.6 Å². The summed E-state index contributed by atoms with van der Waals surface area (Å²) in [6, 6.07) is 10.6. The molecule has 1 aliphatic heterocycles. The molecule has 1 aromatic carbocycles. The molecule has 3 unspecified atom stereocenters. The summed E-state index contributed by atoms with van der Waals surface area (Å²) < 4.78 is 0. The molecule has 0 saturated heterocycles. The number of carbonyl (C=O) groups excluding carboxylic acids is 2. The topological polar surface area (TPSA) is 134 Å². The summed E-state index contributed by atoms with van der Waals surface area (Å²) in [5, 5.41) is 12.9. The van der Waals surface area contributed by atoms with Crippen LogP contribution in [0.5, 0.6) is 0 Å². The van der Waals surface area contributed by atoms with E-state index in [2.05, 4.69) is 10.5 Å². The number of hydrazone groups is 1. The van der Waals surface area contributed by atoms with Crippen molar-refractivity contribution in [2.45, 2.75) is 5.92 Å². The number of amidine groups is 1. The summed E-state index contributed by atoms with van der Waals surface area (Å²) in [4.78, 5) is 23.4. The Kier molecular flexibility index (Phi) is 3.66. The molecule has 102 valence electrons. The Bertz CT molecular complexity index is 605. The molecular weight excluding hydrogens is 258 g/mol. The first-order valence-corrected chi connectivity index (χ1v) is 5.93. The van der Waals surface area contributed by atoms with Gasteiger partial charge in [0.1, 0.15) is 17.7 Å². The number of hydrogen-bond donors (Lipinski definition) is 3. The van der Waals surface area contributed by atoms with Crippen molar-refractivity contribution in [3.63, 3.8) is 0 Å². The van der Waals surface area contributed by atoms with E-state index in [1.165, 1.54) is 0 Å². The lowest BCUT2D eigenvalue weighted by Crippen LogP contribution is -2.40. The summed E-state index contributed by atoms with van der Waals surface area (Å²) in [7, 11) is 0. The van der Waals surface area contributed by atoms with Crippen LogP contribution in [-0.4, -0.2) is 17.6 Å². The van der Waals surface area contributed by atoms with Crippen molar-refractivity contribution in [1.82, 2.24) is 5.43 Å². The standard InChI is InChI=1S/C13H13N5O2/c14-6-8(12(16)19)9(7-4-2-1-3-5-7)10-11(15)17-18-13(10)20/h1-5,8-10H,(H2,15,17)(H2,16,19)(H,18,20). The van der Waals surface area contributed by atoms with Gasteiger partial charge >= 0.3 is 0 Å². The summed E-state index contributed by atoms with van der Waals surface area (Å²) >= 11 is 0. The van der Waals surface area contributed by atoms with E-state index in [4.69, 9.17) is 11.5 Å². The number of hydrogen-bond acceptors (Lipinski definition) is 5. The molecule has 1 aliphatic rings. The zero-order valence-corrected chi connectivity index (χ0v) is 10.5. The van der Waals surface area contributed by atoms with Crippen LogP contribution >= 0.6 is 0 Å². The average molecular weight is 271 g/mol. The number of nitrogens with two attached hydrogens (primary N) is 2. The number of nitrogens with zero attached hydrogens (tertiary/aromatic N) is 2. The minimum atomic E-state index is -1.17. The quantitative estimate of drug-likeness (QED) is 0.674. The summed E-state index contributed by atoms with van der Waals surface area (Å²) in [5.74, 6) is -4.00. The van der Waals surface area contributed by atoms with Crippen LogP contribution in [-0.2, 0) is 9.59 Å². The Labute approximate surface area is 115 Å². The van der Waals surface area contributed by atoms with Crippen LogP contribution in [0.1, 0.15) is 11.5 Å². The van der Waals surface area contributed by atoms with Gasteiger partial charge in [-0.05, 0) is 5.56 Å². The van der Waals surface area contributed by atoms with Crippen LogP contribution in [0.3, 0.4) is 0 Å². The molecule has 0 radical (unpaired) electrons. The molecular formula is C13H13N5O2. The molecule has 0 fully saturated rings. The molecule has 0 aliphatic carbocycles. The molecule has 7 heteroatoms. The summed E-state index contributed by atoms with van der Waals surface area (Å²) in [5.41, 5.74) is 13.9. The number of rotatable bonds is 4. The van der Waals surface area contributed by atoms with E-state index in [9.17, 15) is 14.9 Å². The van der Waals surface area contributed by atoms with Crippen molar-refractivity contribution in [1.29, 1.82) is 5.26 Å². The van der Waals surface area contributed by atoms with Crippen LogP contribution in [0, 0.1) is 23.2 Å². The molecule has 1 heterocycles. The lowest BCUT2D eigenvalue weighted by molar-refractivity contribution is -0.124. The van der Waals surface area contributed by atoms with E-state index in [-0.39, 0.29) is 5.84 Å². The Morgan fingerprint density at radius 1 is 1.40 bits per heavy atom. The lowest BCUT2D eigenvalue weighted by atomic mass is 9.76. The van der Waals surface area contributed by atoms with Gasteiger partial charge in [-0.2, -0.15) is 10.4 Å². The Morgan fingerprint density at radius 3 is 2.50 bits per heavy atom. The van der Waals surface area contributed by atoms with E-state index >= 15 is 0 Å². The Balaban J connectivity index is 2.50. The van der Waals surface area contributed by atoms with Crippen molar-refractivity contribution >= 4 is 17.6 Å². The molecule has 7 nitrogen and oxygen atoms in total. The maximum absolute atomic E-state index is 11.9. The third-order valence-electron chi connectivity index (χ3n) is 3.24. The number of benzene rings is 1. The third-order valence-corrected chi connectivity index (χ3v) is 3.24. The Hall–Kier alpha value is -2.88. The highest BCUT2D eigenvalue weighted by Gasteiger charge is 2.43. The first-order valence-electron chi connectivity index (χ1n) is 5.93. The normalized spacial score (nSPS) is 20.4. The molecule has 5 N–H and O–H groups in total. The fourth-order valence-corrected chi connectivity index (χ4v) is 2.31. The van der Waals surface area contributed by atoms with E-state index in [1.807, 2.05) is 6.07 Å². The molecule has 2 amide bonds. The van der Waals surface area contributed by atoms with Crippen molar-refractivity contribution < 1.29 is 9.59 Å². The van der Waals surface area contributed by atoms with Gasteiger partial charge in [-0.15, -0.1) is 0 Å². The first-order chi connectivity index (χ1) is 9.56. The van der Waals surface area contributed by atoms with Crippen LogP contribution in [0.2, 0.25) is 0 Å². The number of amides is 2. The van der Waals surface area contributed by atoms with E-state index in [0.29, 0.717) is 5.56 Å². The zero-order chi connectivity index (χ0) is 14.7. The van der Waals surface area contributed by atoms with Crippen molar-refractivity contribution in [3.8, 4) is 6.07 Å². The van der Waals surface area contributed by atoms with Gasteiger partial charge in [-0.3, -0.25) is 9.59 Å². The third kappa shape index (κ3) is 2.31. The number of nitriles is 1. The second-order valence-corrected chi connectivity index (χ2v) is 4.44. The molecule has 0 aromatic heterocycles. The van der Waals surface area contributed by atoms with Crippen LogP contribution in [0.15, 0.2) is 35.4 Å². The largest absolute Gasteiger partial charge is 0.385 e. The Morgan fingerprint density at radius 2 is 2.05 bits per heavy atom. The van der Waals surface area contributed by atoms with Gasteiger partial charge in [-0.1, -0.05) is 30.3 Å². The lowest BCUT2D eigenvalue weighted by Gasteiger charge is -2.24. The average Bonchev–Trinajstić information content (AvgIpc) is 2.76. The van der Waals surface area contributed by atoms with Gasteiger partial charge in [0.05, 0.1) is 6.07 Å². The molecule has 3 atom stereocenters. The van der Waals surface area contributed by atoms with Crippen LogP contribution in [0.25, 0.3) is 0 Å². The smallest absolute Gasteiger partial charge is 0.251 e. The highest BCUT2D eigenvalue weighted by Crippen LogP contribution is 2.34. The highest BCUT2D eigenvalue weighted by atomic mass is 16.2. The monoisotopic (exact) mass is 271 g/mol. The van der Waals surface area contributed by atoms with Gasteiger partial charge in [0.25, 0.3) is 5.91 Å². The second-order valence-electron chi connectivity index (χ2n) is 4.44. The maximum Gasteiger partial charge on any atom is 0.251 e. The second kappa shape index (κ2) is 5.40. The molecule has 2 rings (SSSR count). The number of carbonyl (C=O) groups is 2. The maximum atomic E-state index is 11.9. The van der Waals surface area contributed by atoms with Crippen molar-refractivity contribution in [3.05, 3.63) is 35.9 Å². The zero-order valence-electron chi connectivity index (χ0n) is 10.5. The van der Waals surface area contributed by atoms with Crippen LogP contribution < -0.4 is 16.9 Å². The minimum absolute atomic E-state index is 0.0466. The van der Waals surface area contributed by atoms with Gasteiger partial charge in [0.15, 0.2) is 0 Å². The fraction of sp³-hybridized carbons (Fsp3) is 0.231. The fourth-order valence-electron chi connectivity index (χ4n) is 2.31. The minimum Gasteiger partial charge on any atom is -0.385 e. The van der Waals surface area contributed by atoms with E-state index in [1.54, 1.807) is 30.3 Å².